The van der Waals surface area contributed by atoms with E-state index in [1.165, 1.54) is 12.1 Å². The van der Waals surface area contributed by atoms with Crippen molar-refractivity contribution in [1.82, 2.24) is 0 Å². The number of oxime groups is 1. The first-order chi connectivity index (χ1) is 9.11. The average Bonchev–Trinajstić information content (AvgIpc) is 2.67. The quantitative estimate of drug-likeness (QED) is 0.899. The first-order valence-electron chi connectivity index (χ1n) is 5.75. The molecule has 0 amide bonds. The number of benzene rings is 1. The highest BCUT2D eigenvalue weighted by molar-refractivity contribution is 8.05. The predicted octanol–water partition coefficient (Wildman–Crippen LogP) is 3.13. The Balaban J connectivity index is 2.28. The maximum absolute atomic E-state index is 12.3. The fourth-order valence-electron chi connectivity index (χ4n) is 1.75. The third-order valence-corrected chi connectivity index (χ3v) is 5.07. The molecule has 0 unspecified atom stereocenters. The molecule has 1 aromatic carbocycles. The summed E-state index contributed by atoms with van der Waals surface area (Å²) in [6.07, 6.45) is 0.207. The Hall–Kier alpha value is -0.980. The van der Waals surface area contributed by atoms with E-state index in [0.717, 1.165) is 0 Å². The number of nitrogens with zero attached hydrogens (tertiary/aromatic N) is 1. The second-order valence-electron chi connectivity index (χ2n) is 5.17. The van der Waals surface area contributed by atoms with Gasteiger partial charge in [-0.2, -0.15) is 0 Å². The first-order valence-corrected chi connectivity index (χ1v) is 8.16. The second-order valence-corrected chi connectivity index (χ2v) is 7.97. The number of rotatable bonds is 2. The molecule has 0 saturated carbocycles. The molecular formula is C12H13Cl2NO4S. The van der Waals surface area contributed by atoms with Gasteiger partial charge in [-0.3, -0.25) is 0 Å². The van der Waals surface area contributed by atoms with E-state index < -0.39 is 15.4 Å². The number of phenols is 1. The normalized spacial score (nSPS) is 17.7. The van der Waals surface area contributed by atoms with E-state index in [2.05, 4.69) is 5.16 Å². The summed E-state index contributed by atoms with van der Waals surface area (Å²) < 4.78 is 24.5. The lowest BCUT2D eigenvalue weighted by Gasteiger charge is -2.13. The van der Waals surface area contributed by atoms with Crippen molar-refractivity contribution in [2.75, 3.05) is 0 Å². The zero-order valence-corrected chi connectivity index (χ0v) is 13.2. The standard InChI is InChI=1S/C12H13Cl2NO4S/c1-12(2)5-11(15-19-12)20(17,18)6-7-3-9(14)10(16)4-8(7)13/h3-4,16H,5-6H2,1-2H3. The van der Waals surface area contributed by atoms with Crippen LogP contribution in [0.25, 0.3) is 0 Å². The van der Waals surface area contributed by atoms with Crippen LogP contribution in [0.3, 0.4) is 0 Å². The molecule has 0 aliphatic carbocycles. The van der Waals surface area contributed by atoms with Gasteiger partial charge in [0.05, 0.1) is 10.8 Å². The van der Waals surface area contributed by atoms with Crippen LogP contribution in [0.4, 0.5) is 0 Å². The Bertz CT molecular complexity index is 683. The topological polar surface area (TPSA) is 76.0 Å². The summed E-state index contributed by atoms with van der Waals surface area (Å²) in [6.45, 7) is 3.51. The molecular weight excluding hydrogens is 325 g/mol. The smallest absolute Gasteiger partial charge is 0.199 e. The molecule has 0 bridgehead atoms. The highest BCUT2D eigenvalue weighted by Gasteiger charge is 2.36. The maximum Gasteiger partial charge on any atom is 0.199 e. The van der Waals surface area contributed by atoms with E-state index in [0.29, 0.717) is 5.56 Å². The lowest BCUT2D eigenvalue weighted by Crippen LogP contribution is -2.23. The zero-order valence-electron chi connectivity index (χ0n) is 10.9. The molecule has 1 heterocycles. The third-order valence-electron chi connectivity index (χ3n) is 2.79. The molecule has 1 aliphatic heterocycles. The highest BCUT2D eigenvalue weighted by atomic mass is 35.5. The van der Waals surface area contributed by atoms with Crippen LogP contribution in [0.2, 0.25) is 10.0 Å². The molecule has 5 nitrogen and oxygen atoms in total. The minimum absolute atomic E-state index is 0.0113. The molecule has 0 fully saturated rings. The number of phenolic OH excluding ortho intramolecular Hbond substituents is 1. The molecule has 1 aliphatic rings. The Morgan fingerprint density at radius 2 is 2.00 bits per heavy atom. The van der Waals surface area contributed by atoms with Gasteiger partial charge in [-0.1, -0.05) is 28.4 Å². The monoisotopic (exact) mass is 337 g/mol. The van der Waals surface area contributed by atoms with Crippen molar-refractivity contribution in [3.63, 3.8) is 0 Å². The van der Waals surface area contributed by atoms with Gasteiger partial charge in [0.25, 0.3) is 0 Å². The third kappa shape index (κ3) is 3.19. The van der Waals surface area contributed by atoms with E-state index in [9.17, 15) is 13.5 Å². The second kappa shape index (κ2) is 5.09. The Labute approximate surface area is 127 Å². The Kier molecular flexibility index (Phi) is 3.92. The lowest BCUT2D eigenvalue weighted by molar-refractivity contribution is 0.0123. The van der Waals surface area contributed by atoms with Crippen molar-refractivity contribution in [3.05, 3.63) is 27.7 Å². The van der Waals surface area contributed by atoms with Crippen LogP contribution >= 0.6 is 23.2 Å². The average molecular weight is 338 g/mol. The van der Waals surface area contributed by atoms with E-state index >= 15 is 0 Å². The number of hydrogen-bond donors (Lipinski definition) is 1. The van der Waals surface area contributed by atoms with Gasteiger partial charge in [0, 0.05) is 17.5 Å². The molecule has 2 rings (SSSR count). The summed E-state index contributed by atoms with van der Waals surface area (Å²) >= 11 is 11.7. The number of halogens is 2. The fraction of sp³-hybridized carbons (Fsp3) is 0.417. The van der Waals surface area contributed by atoms with Gasteiger partial charge in [0.1, 0.15) is 11.4 Å². The predicted molar refractivity (Wildman–Crippen MR) is 78.0 cm³/mol. The summed E-state index contributed by atoms with van der Waals surface area (Å²) in [5.41, 5.74) is -0.319. The van der Waals surface area contributed by atoms with Crippen molar-refractivity contribution in [1.29, 1.82) is 0 Å². The van der Waals surface area contributed by atoms with Crippen molar-refractivity contribution in [2.45, 2.75) is 31.6 Å². The fourth-order valence-corrected chi connectivity index (χ4v) is 3.77. The van der Waals surface area contributed by atoms with Crippen LogP contribution < -0.4 is 0 Å². The van der Waals surface area contributed by atoms with Gasteiger partial charge in [-0.05, 0) is 25.5 Å². The van der Waals surface area contributed by atoms with Crippen LogP contribution in [0.1, 0.15) is 25.8 Å². The van der Waals surface area contributed by atoms with Crippen molar-refractivity contribution in [3.8, 4) is 5.75 Å². The van der Waals surface area contributed by atoms with Gasteiger partial charge in [0.2, 0.25) is 0 Å². The molecule has 1 N–H and O–H groups in total. The highest BCUT2D eigenvalue weighted by Crippen LogP contribution is 2.32. The molecule has 0 radical (unpaired) electrons. The Morgan fingerprint density at radius 3 is 2.55 bits per heavy atom. The molecule has 8 heteroatoms. The number of aromatic hydroxyl groups is 1. The van der Waals surface area contributed by atoms with Crippen LogP contribution in [0.15, 0.2) is 17.3 Å². The molecule has 0 saturated heterocycles. The molecule has 110 valence electrons. The zero-order chi connectivity index (χ0) is 15.1. The molecule has 0 spiro atoms. The lowest BCUT2D eigenvalue weighted by atomic mass is 10.1. The van der Waals surface area contributed by atoms with Gasteiger partial charge in [-0.15, -0.1) is 0 Å². The van der Waals surface area contributed by atoms with Gasteiger partial charge in [-0.25, -0.2) is 8.42 Å². The van der Waals surface area contributed by atoms with Crippen molar-refractivity contribution >= 4 is 38.1 Å². The van der Waals surface area contributed by atoms with E-state index in [4.69, 9.17) is 28.0 Å². The summed E-state index contributed by atoms with van der Waals surface area (Å²) in [6, 6.07) is 2.55. The Morgan fingerprint density at radius 1 is 1.35 bits per heavy atom. The number of hydrogen-bond acceptors (Lipinski definition) is 5. The maximum atomic E-state index is 12.3. The first kappa shape index (κ1) is 15.4. The van der Waals surface area contributed by atoms with Crippen LogP contribution in [0.5, 0.6) is 5.75 Å². The van der Waals surface area contributed by atoms with Crippen molar-refractivity contribution in [2.24, 2.45) is 5.16 Å². The van der Waals surface area contributed by atoms with Crippen LogP contribution in [-0.4, -0.2) is 24.2 Å². The largest absolute Gasteiger partial charge is 0.506 e. The summed E-state index contributed by atoms with van der Waals surface area (Å²) in [4.78, 5) is 5.06. The van der Waals surface area contributed by atoms with Crippen LogP contribution in [-0.2, 0) is 20.4 Å². The van der Waals surface area contributed by atoms with Crippen molar-refractivity contribution < 1.29 is 18.4 Å². The molecule has 20 heavy (non-hydrogen) atoms. The molecule has 1 aromatic rings. The van der Waals surface area contributed by atoms with E-state index in [1.807, 2.05) is 0 Å². The summed E-state index contributed by atoms with van der Waals surface area (Å²) in [5, 5.41) is 13.2. The summed E-state index contributed by atoms with van der Waals surface area (Å²) in [5.74, 6) is -0.537. The minimum Gasteiger partial charge on any atom is -0.506 e. The van der Waals surface area contributed by atoms with Gasteiger partial charge >= 0.3 is 0 Å². The van der Waals surface area contributed by atoms with Gasteiger partial charge in [0.15, 0.2) is 14.9 Å². The van der Waals surface area contributed by atoms with Gasteiger partial charge < -0.3 is 9.94 Å². The summed E-state index contributed by atoms with van der Waals surface area (Å²) in [7, 11) is -3.64. The van der Waals surface area contributed by atoms with E-state index in [-0.39, 0.29) is 33.0 Å². The van der Waals surface area contributed by atoms with Crippen LogP contribution in [0, 0.1) is 0 Å². The molecule has 0 aromatic heterocycles. The molecule has 0 atom stereocenters. The number of sulfone groups is 1. The SMILES string of the molecule is CC1(C)CC(S(=O)(=O)Cc2cc(Cl)c(O)cc2Cl)=NO1. The minimum atomic E-state index is -3.64. The van der Waals surface area contributed by atoms with E-state index in [1.54, 1.807) is 13.8 Å².